The number of carbonyl (C=O) groups excluding carboxylic acids is 1. The Balaban J connectivity index is 1.90. The summed E-state index contributed by atoms with van der Waals surface area (Å²) in [6, 6.07) is 0. The summed E-state index contributed by atoms with van der Waals surface area (Å²) in [6.07, 6.45) is 3.90. The predicted molar refractivity (Wildman–Crippen MR) is 61.7 cm³/mol. The second-order valence-corrected chi connectivity index (χ2v) is 5.31. The van der Waals surface area contributed by atoms with E-state index in [4.69, 9.17) is 5.73 Å². The van der Waals surface area contributed by atoms with Crippen molar-refractivity contribution in [3.05, 3.63) is 0 Å². The van der Waals surface area contributed by atoms with Crippen molar-refractivity contribution in [2.75, 3.05) is 19.6 Å². The van der Waals surface area contributed by atoms with Gasteiger partial charge in [0.05, 0.1) is 18.7 Å². The lowest BCUT2D eigenvalue weighted by Crippen LogP contribution is -2.64. The third-order valence-electron chi connectivity index (χ3n) is 4.22. The molecule has 0 spiro atoms. The highest BCUT2D eigenvalue weighted by atomic mass is 16.3. The quantitative estimate of drug-likeness (QED) is 0.729. The van der Waals surface area contributed by atoms with Crippen molar-refractivity contribution in [1.29, 1.82) is 0 Å². The fourth-order valence-corrected chi connectivity index (χ4v) is 2.92. The van der Waals surface area contributed by atoms with Crippen LogP contribution in [0.15, 0.2) is 0 Å². The van der Waals surface area contributed by atoms with E-state index in [9.17, 15) is 9.90 Å². The fraction of sp³-hybridized carbons (Fsp3) is 0.917. The molecular formula is C12H22N2O2. The van der Waals surface area contributed by atoms with E-state index in [1.54, 1.807) is 4.90 Å². The Morgan fingerprint density at radius 2 is 2.19 bits per heavy atom. The van der Waals surface area contributed by atoms with Gasteiger partial charge < -0.3 is 15.7 Å². The van der Waals surface area contributed by atoms with Crippen LogP contribution in [0.25, 0.3) is 0 Å². The van der Waals surface area contributed by atoms with Crippen molar-refractivity contribution < 1.29 is 9.90 Å². The first-order valence-corrected chi connectivity index (χ1v) is 6.31. The second-order valence-electron chi connectivity index (χ2n) is 5.31. The highest BCUT2D eigenvalue weighted by molar-refractivity contribution is 5.80. The molecule has 16 heavy (non-hydrogen) atoms. The van der Waals surface area contributed by atoms with Gasteiger partial charge in [0.2, 0.25) is 5.91 Å². The number of carbonyl (C=O) groups is 1. The zero-order valence-corrected chi connectivity index (χ0v) is 9.98. The Morgan fingerprint density at radius 3 is 2.75 bits per heavy atom. The van der Waals surface area contributed by atoms with Crippen LogP contribution in [-0.2, 0) is 4.79 Å². The van der Waals surface area contributed by atoms with Crippen LogP contribution in [0, 0.1) is 11.8 Å². The highest BCUT2D eigenvalue weighted by Gasteiger charge is 2.45. The smallest absolute Gasteiger partial charge is 0.226 e. The second kappa shape index (κ2) is 4.34. The van der Waals surface area contributed by atoms with Crippen LogP contribution in [0.2, 0.25) is 0 Å². The van der Waals surface area contributed by atoms with Crippen LogP contribution in [0.5, 0.6) is 0 Å². The van der Waals surface area contributed by atoms with Gasteiger partial charge in [-0.2, -0.15) is 0 Å². The number of hydrogen-bond donors (Lipinski definition) is 2. The number of nitrogens with zero attached hydrogens (tertiary/aromatic N) is 1. The summed E-state index contributed by atoms with van der Waals surface area (Å²) in [6.45, 7) is 3.59. The summed E-state index contributed by atoms with van der Waals surface area (Å²) in [4.78, 5) is 14.0. The minimum Gasteiger partial charge on any atom is -0.386 e. The molecule has 4 heteroatoms. The topological polar surface area (TPSA) is 66.6 Å². The molecule has 3 N–H and O–H groups in total. The van der Waals surface area contributed by atoms with Gasteiger partial charge >= 0.3 is 0 Å². The minimum absolute atomic E-state index is 0.117. The summed E-state index contributed by atoms with van der Waals surface area (Å²) in [5, 5.41) is 9.89. The summed E-state index contributed by atoms with van der Waals surface area (Å²) in [5.41, 5.74) is 5.06. The Kier molecular flexibility index (Phi) is 3.22. The van der Waals surface area contributed by atoms with Gasteiger partial charge in [-0.3, -0.25) is 4.79 Å². The normalized spacial score (nSPS) is 32.6. The van der Waals surface area contributed by atoms with E-state index in [0.717, 1.165) is 25.7 Å². The number of aliphatic hydroxyl groups is 1. The Labute approximate surface area is 96.8 Å². The van der Waals surface area contributed by atoms with Crippen LogP contribution in [0.1, 0.15) is 32.6 Å². The van der Waals surface area contributed by atoms with Crippen molar-refractivity contribution in [3.63, 3.8) is 0 Å². The first kappa shape index (κ1) is 11.9. The van der Waals surface area contributed by atoms with E-state index in [-0.39, 0.29) is 11.8 Å². The molecular weight excluding hydrogens is 204 g/mol. The largest absolute Gasteiger partial charge is 0.386 e. The van der Waals surface area contributed by atoms with Gasteiger partial charge in [-0.1, -0.05) is 13.3 Å². The number of nitrogens with two attached hydrogens (primary N) is 1. The molecule has 0 radical (unpaired) electrons. The van der Waals surface area contributed by atoms with Crippen LogP contribution in [-0.4, -0.2) is 41.1 Å². The molecule has 1 saturated heterocycles. The summed E-state index contributed by atoms with van der Waals surface area (Å²) in [7, 11) is 0. The number of β-amino-alcohol motifs (C(OH)–C–C–N with tert-alkyl or cyclic N) is 1. The van der Waals surface area contributed by atoms with Crippen molar-refractivity contribution in [3.8, 4) is 0 Å². The molecule has 0 aromatic rings. The molecule has 4 nitrogen and oxygen atoms in total. The number of likely N-dealkylation sites (tertiary alicyclic amines) is 1. The zero-order chi connectivity index (χ0) is 11.8. The summed E-state index contributed by atoms with van der Waals surface area (Å²) < 4.78 is 0. The first-order valence-electron chi connectivity index (χ1n) is 6.31. The Morgan fingerprint density at radius 1 is 1.50 bits per heavy atom. The maximum absolute atomic E-state index is 12.2. The number of amides is 1. The molecule has 2 atom stereocenters. The molecule has 1 amide bonds. The van der Waals surface area contributed by atoms with Crippen molar-refractivity contribution >= 4 is 5.91 Å². The van der Waals surface area contributed by atoms with E-state index >= 15 is 0 Å². The van der Waals surface area contributed by atoms with Crippen LogP contribution < -0.4 is 5.73 Å². The van der Waals surface area contributed by atoms with Gasteiger partial charge in [-0.15, -0.1) is 0 Å². The van der Waals surface area contributed by atoms with Gasteiger partial charge in [0.25, 0.3) is 0 Å². The lowest BCUT2D eigenvalue weighted by atomic mass is 9.87. The predicted octanol–water partition coefficient (Wildman–Crippen LogP) is 0.345. The maximum atomic E-state index is 12.2. The molecule has 2 rings (SSSR count). The number of rotatable bonds is 3. The van der Waals surface area contributed by atoms with Gasteiger partial charge in [-0.25, -0.2) is 0 Å². The Hall–Kier alpha value is -0.610. The average Bonchev–Trinajstić information content (AvgIpc) is 2.71. The molecule has 2 aliphatic rings. The van der Waals surface area contributed by atoms with Crippen molar-refractivity contribution in [2.24, 2.45) is 17.6 Å². The SMILES string of the molecule is CCC1(O)CN(C(=O)C2CCCC2CN)C1. The molecule has 92 valence electrons. The van der Waals surface area contributed by atoms with E-state index < -0.39 is 5.60 Å². The monoisotopic (exact) mass is 226 g/mol. The van der Waals surface area contributed by atoms with Gasteiger partial charge in [0.15, 0.2) is 0 Å². The minimum atomic E-state index is -0.619. The van der Waals surface area contributed by atoms with Gasteiger partial charge in [0, 0.05) is 5.92 Å². The molecule has 2 fully saturated rings. The van der Waals surface area contributed by atoms with E-state index in [2.05, 4.69) is 0 Å². The molecule has 1 saturated carbocycles. The standard InChI is InChI=1S/C12H22N2O2/c1-2-12(16)7-14(8-12)11(15)10-5-3-4-9(10)6-13/h9-10,16H,2-8,13H2,1H3. The molecule has 1 heterocycles. The molecule has 1 aliphatic heterocycles. The van der Waals surface area contributed by atoms with Crippen LogP contribution in [0.4, 0.5) is 0 Å². The Bertz CT molecular complexity index is 274. The molecule has 0 aromatic carbocycles. The van der Waals surface area contributed by atoms with E-state index in [0.29, 0.717) is 25.6 Å². The van der Waals surface area contributed by atoms with Crippen LogP contribution in [0.3, 0.4) is 0 Å². The molecule has 0 bridgehead atoms. The molecule has 1 aliphatic carbocycles. The average molecular weight is 226 g/mol. The van der Waals surface area contributed by atoms with Crippen molar-refractivity contribution in [1.82, 2.24) is 4.90 Å². The third kappa shape index (κ3) is 1.96. The molecule has 0 aromatic heterocycles. The van der Waals surface area contributed by atoms with E-state index in [1.165, 1.54) is 0 Å². The zero-order valence-electron chi connectivity index (χ0n) is 9.98. The third-order valence-corrected chi connectivity index (χ3v) is 4.22. The van der Waals surface area contributed by atoms with Gasteiger partial charge in [0.1, 0.15) is 0 Å². The first-order chi connectivity index (χ1) is 7.59. The van der Waals surface area contributed by atoms with Gasteiger partial charge in [-0.05, 0) is 31.7 Å². The van der Waals surface area contributed by atoms with Crippen molar-refractivity contribution in [2.45, 2.75) is 38.2 Å². The number of hydrogen-bond acceptors (Lipinski definition) is 3. The summed E-state index contributed by atoms with van der Waals surface area (Å²) in [5.74, 6) is 0.695. The highest BCUT2D eigenvalue weighted by Crippen LogP contribution is 2.35. The van der Waals surface area contributed by atoms with Crippen LogP contribution >= 0.6 is 0 Å². The maximum Gasteiger partial charge on any atom is 0.226 e. The molecule has 2 unspecified atom stereocenters. The van der Waals surface area contributed by atoms with E-state index in [1.807, 2.05) is 6.92 Å². The lowest BCUT2D eigenvalue weighted by molar-refractivity contribution is -0.161. The fourth-order valence-electron chi connectivity index (χ4n) is 2.92. The summed E-state index contributed by atoms with van der Waals surface area (Å²) >= 11 is 0. The lowest BCUT2D eigenvalue weighted by Gasteiger charge is -2.47.